The van der Waals surface area contributed by atoms with Gasteiger partial charge in [-0.1, -0.05) is 46.3 Å². The Morgan fingerprint density at radius 1 is 1.10 bits per heavy atom. The molecule has 0 bridgehead atoms. The molecule has 0 heterocycles. The van der Waals surface area contributed by atoms with E-state index in [1.165, 1.54) is 0 Å². The molecule has 0 saturated heterocycles. The minimum absolute atomic E-state index is 0.243. The van der Waals surface area contributed by atoms with E-state index in [0.717, 1.165) is 27.9 Å². The van der Waals surface area contributed by atoms with Crippen LogP contribution in [0, 0.1) is 0 Å². The third-order valence-electron chi connectivity index (χ3n) is 2.80. The van der Waals surface area contributed by atoms with Gasteiger partial charge in [-0.05, 0) is 30.8 Å². The highest BCUT2D eigenvalue weighted by atomic mass is 79.9. The van der Waals surface area contributed by atoms with Crippen LogP contribution >= 0.6 is 15.9 Å². The van der Waals surface area contributed by atoms with Gasteiger partial charge in [-0.15, -0.1) is 0 Å². The summed E-state index contributed by atoms with van der Waals surface area (Å²) < 4.78 is 12.3. The van der Waals surface area contributed by atoms with Gasteiger partial charge in [0.2, 0.25) is 0 Å². The van der Waals surface area contributed by atoms with Crippen molar-refractivity contribution in [1.29, 1.82) is 0 Å². The Balaban J connectivity index is 1.84. The van der Waals surface area contributed by atoms with E-state index in [2.05, 4.69) is 21.2 Å². The van der Waals surface area contributed by atoms with Crippen molar-refractivity contribution in [2.24, 2.45) is 0 Å². The summed E-state index contributed by atoms with van der Waals surface area (Å²) in [6, 6.07) is 16.0. The number of rotatable bonds is 7. The molecule has 0 saturated carbocycles. The zero-order valence-corrected chi connectivity index (χ0v) is 13.0. The van der Waals surface area contributed by atoms with Crippen LogP contribution in [0.4, 0.5) is 0 Å². The SMILES string of the molecule is CNCc1cc(Br)ccc1OCOCc1ccccc1. The van der Waals surface area contributed by atoms with Gasteiger partial charge in [0.25, 0.3) is 0 Å². The molecule has 0 aliphatic carbocycles. The van der Waals surface area contributed by atoms with Crippen molar-refractivity contribution >= 4 is 15.9 Å². The van der Waals surface area contributed by atoms with Gasteiger partial charge in [0.05, 0.1) is 6.61 Å². The zero-order valence-electron chi connectivity index (χ0n) is 11.4. The third-order valence-corrected chi connectivity index (χ3v) is 3.29. The molecule has 0 unspecified atom stereocenters. The molecule has 3 nitrogen and oxygen atoms in total. The fourth-order valence-electron chi connectivity index (χ4n) is 1.86. The summed E-state index contributed by atoms with van der Waals surface area (Å²) >= 11 is 3.46. The van der Waals surface area contributed by atoms with E-state index < -0.39 is 0 Å². The molecular weight excluding hydrogens is 318 g/mol. The molecule has 0 radical (unpaired) electrons. The lowest BCUT2D eigenvalue weighted by Gasteiger charge is -2.12. The summed E-state index contributed by atoms with van der Waals surface area (Å²) in [5.74, 6) is 0.843. The first-order valence-corrected chi connectivity index (χ1v) is 7.26. The maximum absolute atomic E-state index is 5.68. The standard InChI is InChI=1S/C16H18BrNO2/c1-18-10-14-9-15(17)7-8-16(14)20-12-19-11-13-5-3-2-4-6-13/h2-9,18H,10-12H2,1H3. The smallest absolute Gasteiger partial charge is 0.189 e. The fourth-order valence-corrected chi connectivity index (χ4v) is 2.26. The lowest BCUT2D eigenvalue weighted by atomic mass is 10.2. The Bertz CT molecular complexity index is 531. The van der Waals surface area contributed by atoms with Gasteiger partial charge in [-0.25, -0.2) is 0 Å². The van der Waals surface area contributed by atoms with Gasteiger partial charge < -0.3 is 14.8 Å². The van der Waals surface area contributed by atoms with Crippen LogP contribution in [0.15, 0.2) is 53.0 Å². The monoisotopic (exact) mass is 335 g/mol. The van der Waals surface area contributed by atoms with Crippen LogP contribution < -0.4 is 10.1 Å². The predicted molar refractivity (Wildman–Crippen MR) is 83.6 cm³/mol. The van der Waals surface area contributed by atoms with Crippen molar-refractivity contribution < 1.29 is 9.47 Å². The summed E-state index contributed by atoms with van der Waals surface area (Å²) in [5, 5.41) is 3.13. The van der Waals surface area contributed by atoms with Crippen LogP contribution in [0.3, 0.4) is 0 Å². The molecule has 2 aromatic rings. The van der Waals surface area contributed by atoms with Crippen molar-refractivity contribution in [3.8, 4) is 5.75 Å². The number of halogens is 1. The number of hydrogen-bond donors (Lipinski definition) is 1. The van der Waals surface area contributed by atoms with Gasteiger partial charge in [0.1, 0.15) is 5.75 Å². The Morgan fingerprint density at radius 3 is 2.65 bits per heavy atom. The summed E-state index contributed by atoms with van der Waals surface area (Å²) in [7, 11) is 1.91. The second kappa shape index (κ2) is 8.04. The molecule has 0 aliphatic heterocycles. The average molecular weight is 336 g/mol. The minimum Gasteiger partial charge on any atom is -0.467 e. The zero-order chi connectivity index (χ0) is 14.2. The molecule has 20 heavy (non-hydrogen) atoms. The number of benzene rings is 2. The molecule has 2 aromatic carbocycles. The molecule has 0 aliphatic rings. The van der Waals surface area contributed by atoms with E-state index >= 15 is 0 Å². The van der Waals surface area contributed by atoms with E-state index in [9.17, 15) is 0 Å². The second-order valence-electron chi connectivity index (χ2n) is 4.38. The molecule has 0 amide bonds. The lowest BCUT2D eigenvalue weighted by Crippen LogP contribution is -2.09. The largest absolute Gasteiger partial charge is 0.467 e. The van der Waals surface area contributed by atoms with Crippen LogP contribution in [0.25, 0.3) is 0 Å². The molecule has 4 heteroatoms. The van der Waals surface area contributed by atoms with Crippen LogP contribution in [-0.2, 0) is 17.9 Å². The van der Waals surface area contributed by atoms with Crippen LogP contribution in [0.5, 0.6) is 5.75 Å². The van der Waals surface area contributed by atoms with Crippen molar-refractivity contribution in [3.05, 3.63) is 64.1 Å². The first-order valence-electron chi connectivity index (χ1n) is 6.47. The highest BCUT2D eigenvalue weighted by Crippen LogP contribution is 2.23. The van der Waals surface area contributed by atoms with Crippen LogP contribution in [-0.4, -0.2) is 13.8 Å². The summed E-state index contributed by atoms with van der Waals surface area (Å²) in [6.45, 7) is 1.55. The average Bonchev–Trinajstić information content (AvgIpc) is 2.47. The summed E-state index contributed by atoms with van der Waals surface area (Å²) in [5.41, 5.74) is 2.24. The molecule has 0 atom stereocenters. The number of ether oxygens (including phenoxy) is 2. The molecule has 0 fully saturated rings. The third kappa shape index (κ3) is 4.63. The first kappa shape index (κ1) is 15.0. The highest BCUT2D eigenvalue weighted by molar-refractivity contribution is 9.10. The van der Waals surface area contributed by atoms with Crippen molar-refractivity contribution in [3.63, 3.8) is 0 Å². The Labute approximate surface area is 128 Å². The highest BCUT2D eigenvalue weighted by Gasteiger charge is 2.04. The Hall–Kier alpha value is -1.36. The normalized spacial score (nSPS) is 10.5. The van der Waals surface area contributed by atoms with Crippen LogP contribution in [0.2, 0.25) is 0 Å². The molecular formula is C16H18BrNO2. The summed E-state index contributed by atoms with van der Waals surface area (Å²) in [4.78, 5) is 0. The maximum Gasteiger partial charge on any atom is 0.189 e. The maximum atomic E-state index is 5.68. The molecule has 1 N–H and O–H groups in total. The van der Waals surface area contributed by atoms with Crippen molar-refractivity contribution in [2.45, 2.75) is 13.2 Å². The molecule has 0 spiro atoms. The van der Waals surface area contributed by atoms with Crippen molar-refractivity contribution in [1.82, 2.24) is 5.32 Å². The van der Waals surface area contributed by atoms with E-state index in [4.69, 9.17) is 9.47 Å². The van der Waals surface area contributed by atoms with Crippen molar-refractivity contribution in [2.75, 3.05) is 13.8 Å². The van der Waals surface area contributed by atoms with Gasteiger partial charge >= 0.3 is 0 Å². The lowest BCUT2D eigenvalue weighted by molar-refractivity contribution is 0.00449. The van der Waals surface area contributed by atoms with Gasteiger partial charge in [-0.3, -0.25) is 0 Å². The predicted octanol–water partition coefficient (Wildman–Crippen LogP) is 3.72. The first-order chi connectivity index (χ1) is 9.79. The number of hydrogen-bond acceptors (Lipinski definition) is 3. The fraction of sp³-hybridized carbons (Fsp3) is 0.250. The van der Waals surface area contributed by atoms with Gasteiger partial charge in [0.15, 0.2) is 6.79 Å². The van der Waals surface area contributed by atoms with E-state index in [-0.39, 0.29) is 6.79 Å². The molecule has 106 valence electrons. The minimum atomic E-state index is 0.243. The van der Waals surface area contributed by atoms with Gasteiger partial charge in [0, 0.05) is 16.6 Å². The second-order valence-corrected chi connectivity index (χ2v) is 5.29. The van der Waals surface area contributed by atoms with E-state index in [1.54, 1.807) is 0 Å². The Morgan fingerprint density at radius 2 is 1.90 bits per heavy atom. The van der Waals surface area contributed by atoms with E-state index in [1.807, 2.05) is 55.6 Å². The quantitative estimate of drug-likeness (QED) is 0.617. The van der Waals surface area contributed by atoms with Gasteiger partial charge in [-0.2, -0.15) is 0 Å². The summed E-state index contributed by atoms with van der Waals surface area (Å²) in [6.07, 6.45) is 0. The molecule has 0 aromatic heterocycles. The molecule has 2 rings (SSSR count). The topological polar surface area (TPSA) is 30.5 Å². The van der Waals surface area contributed by atoms with Crippen LogP contribution in [0.1, 0.15) is 11.1 Å². The van der Waals surface area contributed by atoms with E-state index in [0.29, 0.717) is 6.61 Å². The number of nitrogens with one attached hydrogen (secondary N) is 1. The Kier molecular flexibility index (Phi) is 6.05.